The standard InChI is InChI=1S/C15H21BrClNO/c1-9(2)13(10(3)4)8-18-15(19)12-6-5-11(17)7-14(12)16/h5-7,9-10,13H,8H2,1-4H3,(H,18,19). The molecule has 0 aliphatic rings. The van der Waals surface area contributed by atoms with Gasteiger partial charge in [0.2, 0.25) is 0 Å². The van der Waals surface area contributed by atoms with Crippen molar-refractivity contribution in [2.75, 3.05) is 6.54 Å². The summed E-state index contributed by atoms with van der Waals surface area (Å²) in [7, 11) is 0. The fourth-order valence-corrected chi connectivity index (χ4v) is 3.08. The summed E-state index contributed by atoms with van der Waals surface area (Å²) in [5, 5.41) is 3.63. The average molecular weight is 347 g/mol. The lowest BCUT2D eigenvalue weighted by atomic mass is 9.85. The number of carbonyl (C=O) groups is 1. The molecule has 0 bridgehead atoms. The van der Waals surface area contributed by atoms with Gasteiger partial charge in [-0.1, -0.05) is 39.3 Å². The quantitative estimate of drug-likeness (QED) is 0.818. The van der Waals surface area contributed by atoms with Crippen LogP contribution in [0.15, 0.2) is 22.7 Å². The second-order valence-electron chi connectivity index (χ2n) is 5.49. The number of rotatable bonds is 5. The van der Waals surface area contributed by atoms with Crippen LogP contribution in [0.4, 0.5) is 0 Å². The number of nitrogens with one attached hydrogen (secondary N) is 1. The van der Waals surface area contributed by atoms with E-state index < -0.39 is 0 Å². The smallest absolute Gasteiger partial charge is 0.252 e. The molecule has 0 saturated carbocycles. The van der Waals surface area contributed by atoms with Crippen molar-refractivity contribution in [3.8, 4) is 0 Å². The summed E-state index contributed by atoms with van der Waals surface area (Å²) in [5.41, 5.74) is 0.621. The van der Waals surface area contributed by atoms with Crippen LogP contribution in [0, 0.1) is 17.8 Å². The van der Waals surface area contributed by atoms with Crippen LogP contribution in [-0.4, -0.2) is 12.5 Å². The summed E-state index contributed by atoms with van der Waals surface area (Å²) < 4.78 is 0.725. The summed E-state index contributed by atoms with van der Waals surface area (Å²) in [6, 6.07) is 5.20. The fraction of sp³-hybridized carbons (Fsp3) is 0.533. The topological polar surface area (TPSA) is 29.1 Å². The van der Waals surface area contributed by atoms with Crippen molar-refractivity contribution in [3.05, 3.63) is 33.3 Å². The van der Waals surface area contributed by atoms with Crippen LogP contribution in [0.3, 0.4) is 0 Å². The van der Waals surface area contributed by atoms with Crippen LogP contribution >= 0.6 is 27.5 Å². The minimum atomic E-state index is -0.0603. The van der Waals surface area contributed by atoms with Gasteiger partial charge < -0.3 is 5.32 Å². The van der Waals surface area contributed by atoms with Crippen LogP contribution in [0.5, 0.6) is 0 Å². The Morgan fingerprint density at radius 3 is 2.32 bits per heavy atom. The molecule has 0 saturated heterocycles. The van der Waals surface area contributed by atoms with Crippen molar-refractivity contribution in [2.24, 2.45) is 17.8 Å². The Balaban J connectivity index is 2.69. The molecule has 1 aromatic rings. The van der Waals surface area contributed by atoms with Crippen molar-refractivity contribution in [1.82, 2.24) is 5.32 Å². The number of carbonyl (C=O) groups excluding carboxylic acids is 1. The number of hydrogen-bond donors (Lipinski definition) is 1. The van der Waals surface area contributed by atoms with E-state index in [1.807, 2.05) is 0 Å². The van der Waals surface area contributed by atoms with Gasteiger partial charge in [-0.15, -0.1) is 0 Å². The molecule has 0 atom stereocenters. The Bertz CT molecular complexity index is 438. The molecule has 1 amide bonds. The molecule has 1 rings (SSSR count). The van der Waals surface area contributed by atoms with Gasteiger partial charge in [0.15, 0.2) is 0 Å². The number of halogens is 2. The lowest BCUT2D eigenvalue weighted by Gasteiger charge is -2.25. The van der Waals surface area contributed by atoms with E-state index in [-0.39, 0.29) is 5.91 Å². The molecule has 0 radical (unpaired) electrons. The van der Waals surface area contributed by atoms with E-state index in [9.17, 15) is 4.79 Å². The first kappa shape index (κ1) is 16.5. The first-order chi connectivity index (χ1) is 8.82. The van der Waals surface area contributed by atoms with Crippen LogP contribution in [-0.2, 0) is 0 Å². The second kappa shape index (κ2) is 7.30. The van der Waals surface area contributed by atoms with Crippen molar-refractivity contribution >= 4 is 33.4 Å². The third-order valence-electron chi connectivity index (χ3n) is 3.39. The lowest BCUT2D eigenvalue weighted by Crippen LogP contribution is -2.34. The molecular weight excluding hydrogens is 326 g/mol. The Morgan fingerprint density at radius 2 is 1.84 bits per heavy atom. The maximum Gasteiger partial charge on any atom is 0.252 e. The summed E-state index contributed by atoms with van der Waals surface area (Å²) in [6.45, 7) is 9.46. The molecule has 4 heteroatoms. The highest BCUT2D eigenvalue weighted by molar-refractivity contribution is 9.10. The highest BCUT2D eigenvalue weighted by Crippen LogP contribution is 2.22. The van der Waals surface area contributed by atoms with E-state index in [0.29, 0.717) is 34.9 Å². The zero-order valence-corrected chi connectivity index (χ0v) is 14.2. The van der Waals surface area contributed by atoms with Gasteiger partial charge in [0, 0.05) is 16.0 Å². The Morgan fingerprint density at radius 1 is 1.26 bits per heavy atom. The van der Waals surface area contributed by atoms with E-state index in [4.69, 9.17) is 11.6 Å². The average Bonchev–Trinajstić information content (AvgIpc) is 2.27. The van der Waals surface area contributed by atoms with Gasteiger partial charge in [0.05, 0.1) is 5.56 Å². The maximum absolute atomic E-state index is 12.1. The third-order valence-corrected chi connectivity index (χ3v) is 4.28. The van der Waals surface area contributed by atoms with Gasteiger partial charge >= 0.3 is 0 Å². The Kier molecular flexibility index (Phi) is 6.34. The SMILES string of the molecule is CC(C)C(CNC(=O)c1ccc(Cl)cc1Br)C(C)C. The predicted octanol–water partition coefficient (Wildman–Crippen LogP) is 4.76. The van der Waals surface area contributed by atoms with Crippen LogP contribution < -0.4 is 5.32 Å². The normalized spacial score (nSPS) is 11.4. The van der Waals surface area contributed by atoms with Gasteiger partial charge in [0.1, 0.15) is 0 Å². The van der Waals surface area contributed by atoms with E-state index >= 15 is 0 Å². The highest BCUT2D eigenvalue weighted by Gasteiger charge is 2.19. The molecule has 2 nitrogen and oxygen atoms in total. The summed E-state index contributed by atoms with van der Waals surface area (Å²) in [6.07, 6.45) is 0. The zero-order valence-electron chi connectivity index (χ0n) is 11.8. The fourth-order valence-electron chi connectivity index (χ4n) is 2.22. The summed E-state index contributed by atoms with van der Waals surface area (Å²) >= 11 is 9.24. The predicted molar refractivity (Wildman–Crippen MR) is 84.7 cm³/mol. The van der Waals surface area contributed by atoms with Gasteiger partial charge in [-0.3, -0.25) is 4.79 Å². The van der Waals surface area contributed by atoms with E-state index in [1.165, 1.54) is 0 Å². The Hall–Kier alpha value is -0.540. The minimum absolute atomic E-state index is 0.0603. The molecule has 1 N–H and O–H groups in total. The molecule has 106 valence electrons. The van der Waals surface area contributed by atoms with E-state index in [1.54, 1.807) is 18.2 Å². The van der Waals surface area contributed by atoms with Crippen molar-refractivity contribution in [2.45, 2.75) is 27.7 Å². The van der Waals surface area contributed by atoms with Crippen LogP contribution in [0.1, 0.15) is 38.1 Å². The number of amides is 1. The molecule has 0 heterocycles. The molecule has 0 unspecified atom stereocenters. The van der Waals surface area contributed by atoms with Crippen molar-refractivity contribution in [3.63, 3.8) is 0 Å². The molecule has 1 aromatic carbocycles. The van der Waals surface area contributed by atoms with Crippen LogP contribution in [0.25, 0.3) is 0 Å². The Labute approximate surface area is 129 Å². The first-order valence-electron chi connectivity index (χ1n) is 6.56. The summed E-state index contributed by atoms with van der Waals surface area (Å²) in [5.74, 6) is 1.52. The molecule has 0 fully saturated rings. The molecule has 0 aromatic heterocycles. The first-order valence-corrected chi connectivity index (χ1v) is 7.73. The van der Waals surface area contributed by atoms with Gasteiger partial charge in [-0.25, -0.2) is 0 Å². The van der Waals surface area contributed by atoms with Gasteiger partial charge in [-0.2, -0.15) is 0 Å². The minimum Gasteiger partial charge on any atom is -0.352 e. The van der Waals surface area contributed by atoms with E-state index in [0.717, 1.165) is 4.47 Å². The van der Waals surface area contributed by atoms with Gasteiger partial charge in [0.25, 0.3) is 5.91 Å². The summed E-state index contributed by atoms with van der Waals surface area (Å²) in [4.78, 5) is 12.1. The van der Waals surface area contributed by atoms with Crippen molar-refractivity contribution < 1.29 is 4.79 Å². The molecular formula is C15H21BrClNO. The zero-order chi connectivity index (χ0) is 14.6. The van der Waals surface area contributed by atoms with E-state index in [2.05, 4.69) is 48.9 Å². The molecule has 0 aliphatic carbocycles. The lowest BCUT2D eigenvalue weighted by molar-refractivity contribution is 0.0936. The monoisotopic (exact) mass is 345 g/mol. The molecule has 0 aliphatic heterocycles. The van der Waals surface area contributed by atoms with Crippen molar-refractivity contribution in [1.29, 1.82) is 0 Å². The number of benzene rings is 1. The van der Waals surface area contributed by atoms with Gasteiger partial charge in [-0.05, 0) is 51.9 Å². The molecule has 19 heavy (non-hydrogen) atoms. The number of hydrogen-bond acceptors (Lipinski definition) is 1. The second-order valence-corrected chi connectivity index (χ2v) is 6.78. The molecule has 0 spiro atoms. The largest absolute Gasteiger partial charge is 0.352 e. The highest BCUT2D eigenvalue weighted by atomic mass is 79.9. The van der Waals surface area contributed by atoms with Crippen LogP contribution in [0.2, 0.25) is 5.02 Å². The third kappa shape index (κ3) is 4.81. The maximum atomic E-state index is 12.1.